The van der Waals surface area contributed by atoms with Gasteiger partial charge < -0.3 is 4.90 Å². The van der Waals surface area contributed by atoms with Gasteiger partial charge in [-0.1, -0.05) is 48.3 Å². The van der Waals surface area contributed by atoms with E-state index < -0.39 is 10.1 Å². The van der Waals surface area contributed by atoms with Gasteiger partial charge in [0.2, 0.25) is 0 Å². The molecular formula is C16H16N2O4S3. The van der Waals surface area contributed by atoms with Crippen molar-refractivity contribution in [1.82, 2.24) is 4.90 Å². The average molecular weight is 397 g/mol. The van der Waals surface area contributed by atoms with Gasteiger partial charge in [-0.3, -0.25) is 14.2 Å². The second-order valence-corrected chi connectivity index (χ2v) is 8.85. The molecule has 0 unspecified atom stereocenters. The number of likely N-dealkylation sites (N-methyl/N-ethyl adjacent to an activating group) is 1. The fourth-order valence-electron chi connectivity index (χ4n) is 2.70. The number of rotatable bonds is 4. The molecule has 25 heavy (non-hydrogen) atoms. The standard InChI is InChI=1S/C16H16N2O4S3/c1-17-15(19)14(24-16(17)23)13-8-7-11-5-2-3-6-12(11)18(13)9-4-10-25(20,21)22/h2-3,5-8H,4,9-10H2,1H3,(H,20,21,22). The molecule has 0 aromatic heterocycles. The number of amides is 1. The summed E-state index contributed by atoms with van der Waals surface area (Å²) in [6.07, 6.45) is 4.00. The Kier molecular flexibility index (Phi) is 5.01. The van der Waals surface area contributed by atoms with Gasteiger partial charge in [-0.2, -0.15) is 8.42 Å². The number of allylic oxidation sites excluding steroid dienone is 1. The highest BCUT2D eigenvalue weighted by Gasteiger charge is 2.34. The average Bonchev–Trinajstić information content (AvgIpc) is 2.81. The summed E-state index contributed by atoms with van der Waals surface area (Å²) in [4.78, 5) is 16.3. The molecule has 3 rings (SSSR count). The lowest BCUT2D eigenvalue weighted by Crippen LogP contribution is -2.30. The Hall–Kier alpha value is -1.68. The fourth-order valence-corrected chi connectivity index (χ4v) is 4.43. The third kappa shape index (κ3) is 3.79. The van der Waals surface area contributed by atoms with E-state index >= 15 is 0 Å². The number of hydrogen-bond acceptors (Lipinski definition) is 6. The number of benzene rings is 1. The largest absolute Gasteiger partial charge is 0.340 e. The van der Waals surface area contributed by atoms with E-state index in [4.69, 9.17) is 16.8 Å². The van der Waals surface area contributed by atoms with Crippen LogP contribution in [-0.2, 0) is 14.9 Å². The molecule has 0 saturated carbocycles. The van der Waals surface area contributed by atoms with Crippen molar-refractivity contribution in [3.05, 3.63) is 46.5 Å². The van der Waals surface area contributed by atoms with Crippen LogP contribution in [-0.4, -0.2) is 47.4 Å². The van der Waals surface area contributed by atoms with Gasteiger partial charge in [0, 0.05) is 19.3 Å². The molecule has 1 amide bonds. The molecule has 1 aromatic rings. The predicted molar refractivity (Wildman–Crippen MR) is 104 cm³/mol. The molecule has 0 spiro atoms. The molecule has 2 aliphatic heterocycles. The van der Waals surface area contributed by atoms with Gasteiger partial charge in [-0.15, -0.1) is 0 Å². The molecule has 1 fully saturated rings. The highest BCUT2D eigenvalue weighted by Crippen LogP contribution is 2.39. The summed E-state index contributed by atoms with van der Waals surface area (Å²) in [6.45, 7) is 0.351. The van der Waals surface area contributed by atoms with E-state index in [1.165, 1.54) is 16.7 Å². The minimum atomic E-state index is -4.03. The summed E-state index contributed by atoms with van der Waals surface area (Å²) < 4.78 is 31.5. The molecule has 0 atom stereocenters. The van der Waals surface area contributed by atoms with Crippen LogP contribution in [0.5, 0.6) is 0 Å². The van der Waals surface area contributed by atoms with Crippen LogP contribution in [0.25, 0.3) is 6.08 Å². The Morgan fingerprint density at radius 3 is 2.60 bits per heavy atom. The van der Waals surface area contributed by atoms with Crippen LogP contribution in [0, 0.1) is 0 Å². The van der Waals surface area contributed by atoms with Gasteiger partial charge >= 0.3 is 0 Å². The maximum atomic E-state index is 12.5. The van der Waals surface area contributed by atoms with E-state index in [0.717, 1.165) is 11.3 Å². The van der Waals surface area contributed by atoms with Crippen LogP contribution in [0.3, 0.4) is 0 Å². The van der Waals surface area contributed by atoms with E-state index in [1.54, 1.807) is 7.05 Å². The zero-order chi connectivity index (χ0) is 18.2. The zero-order valence-electron chi connectivity index (χ0n) is 13.4. The molecular weight excluding hydrogens is 380 g/mol. The Balaban J connectivity index is 1.99. The third-order valence-electron chi connectivity index (χ3n) is 3.92. The van der Waals surface area contributed by atoms with Gasteiger partial charge in [0.1, 0.15) is 9.23 Å². The van der Waals surface area contributed by atoms with E-state index in [1.807, 2.05) is 41.3 Å². The molecule has 9 heteroatoms. The number of thioether (sulfide) groups is 1. The molecule has 2 aliphatic rings. The van der Waals surface area contributed by atoms with Crippen LogP contribution in [0.1, 0.15) is 12.0 Å². The van der Waals surface area contributed by atoms with E-state index in [-0.39, 0.29) is 18.1 Å². The second-order valence-electron chi connectivity index (χ2n) is 5.63. The summed E-state index contributed by atoms with van der Waals surface area (Å²) in [5.74, 6) is -0.508. The summed E-state index contributed by atoms with van der Waals surface area (Å²) in [6, 6.07) is 7.66. The van der Waals surface area contributed by atoms with Crippen LogP contribution >= 0.6 is 24.0 Å². The number of thiocarbonyl (C=S) groups is 1. The predicted octanol–water partition coefficient (Wildman–Crippen LogP) is 2.50. The number of carbonyl (C=O) groups excluding carboxylic acids is 1. The number of anilines is 1. The van der Waals surface area contributed by atoms with Crippen LogP contribution in [0.2, 0.25) is 0 Å². The monoisotopic (exact) mass is 396 g/mol. The lowest BCUT2D eigenvalue weighted by Gasteiger charge is -2.31. The normalized spacial score (nSPS) is 20.4. The van der Waals surface area contributed by atoms with Crippen molar-refractivity contribution in [3.63, 3.8) is 0 Å². The van der Waals surface area contributed by atoms with Gasteiger partial charge in [-0.25, -0.2) is 0 Å². The summed E-state index contributed by atoms with van der Waals surface area (Å²) in [5.41, 5.74) is 2.55. The number of para-hydroxylation sites is 1. The van der Waals surface area contributed by atoms with Gasteiger partial charge in [0.05, 0.1) is 11.4 Å². The molecule has 1 saturated heterocycles. The number of nitrogens with zero attached hydrogens (tertiary/aromatic N) is 2. The molecule has 132 valence electrons. The van der Waals surface area contributed by atoms with E-state index in [9.17, 15) is 13.2 Å². The topological polar surface area (TPSA) is 77.9 Å². The van der Waals surface area contributed by atoms with Crippen molar-refractivity contribution in [1.29, 1.82) is 0 Å². The van der Waals surface area contributed by atoms with E-state index in [2.05, 4.69) is 0 Å². The highest BCUT2D eigenvalue weighted by atomic mass is 32.2. The van der Waals surface area contributed by atoms with Gasteiger partial charge in [0.15, 0.2) is 0 Å². The zero-order valence-corrected chi connectivity index (χ0v) is 15.8. The summed E-state index contributed by atoms with van der Waals surface area (Å²) >= 11 is 6.43. The number of hydrogen-bond donors (Lipinski definition) is 1. The first-order valence-corrected chi connectivity index (χ1v) is 10.4. The molecule has 0 bridgehead atoms. The van der Waals surface area contributed by atoms with Crippen molar-refractivity contribution < 1.29 is 17.8 Å². The highest BCUT2D eigenvalue weighted by molar-refractivity contribution is 8.26. The Morgan fingerprint density at radius 1 is 1.24 bits per heavy atom. The van der Waals surface area contributed by atoms with Crippen molar-refractivity contribution in [2.45, 2.75) is 6.42 Å². The summed E-state index contributed by atoms with van der Waals surface area (Å²) in [5, 5.41) is 0. The Morgan fingerprint density at radius 2 is 1.96 bits per heavy atom. The van der Waals surface area contributed by atoms with Crippen molar-refractivity contribution in [2.75, 3.05) is 24.2 Å². The first-order chi connectivity index (χ1) is 11.8. The fraction of sp³-hybridized carbons (Fsp3) is 0.250. The first kappa shape index (κ1) is 18.1. The molecule has 0 radical (unpaired) electrons. The SMILES string of the molecule is CN1C(=O)C(=C2C=Cc3ccccc3N2CCCS(=O)(=O)O)SC1=S. The first-order valence-electron chi connectivity index (χ1n) is 7.52. The number of carbonyl (C=O) groups is 1. The maximum Gasteiger partial charge on any atom is 0.268 e. The Labute approximate surface area is 155 Å². The van der Waals surface area contributed by atoms with Gasteiger partial charge in [-0.05, 0) is 24.1 Å². The lowest BCUT2D eigenvalue weighted by molar-refractivity contribution is -0.121. The molecule has 2 heterocycles. The minimum absolute atomic E-state index is 0.172. The quantitative estimate of drug-likeness (QED) is 0.476. The second kappa shape index (κ2) is 6.91. The van der Waals surface area contributed by atoms with Crippen LogP contribution in [0.4, 0.5) is 5.69 Å². The van der Waals surface area contributed by atoms with Gasteiger partial charge in [0.25, 0.3) is 16.0 Å². The third-order valence-corrected chi connectivity index (χ3v) is 6.28. The molecule has 1 aromatic carbocycles. The van der Waals surface area contributed by atoms with Crippen molar-refractivity contribution >= 4 is 56.1 Å². The van der Waals surface area contributed by atoms with Crippen LogP contribution < -0.4 is 4.90 Å². The van der Waals surface area contributed by atoms with Crippen molar-refractivity contribution in [3.8, 4) is 0 Å². The summed E-state index contributed by atoms with van der Waals surface area (Å²) in [7, 11) is -2.40. The van der Waals surface area contributed by atoms with Crippen molar-refractivity contribution in [2.24, 2.45) is 0 Å². The molecule has 1 N–H and O–H groups in total. The molecule has 0 aliphatic carbocycles. The van der Waals surface area contributed by atoms with E-state index in [0.29, 0.717) is 21.5 Å². The minimum Gasteiger partial charge on any atom is -0.340 e. The molecule has 6 nitrogen and oxygen atoms in total. The maximum absolute atomic E-state index is 12.5. The smallest absolute Gasteiger partial charge is 0.268 e. The lowest BCUT2D eigenvalue weighted by atomic mass is 10.1. The Bertz CT molecular complexity index is 906. The van der Waals surface area contributed by atoms with Crippen LogP contribution in [0.15, 0.2) is 40.9 Å². The number of fused-ring (bicyclic) bond motifs is 1.